The Kier molecular flexibility index (Phi) is 6.97. The molecule has 1 N–H and O–H groups in total. The van der Waals surface area contributed by atoms with Crippen LogP contribution in [0.15, 0.2) is 67.3 Å². The van der Waals surface area contributed by atoms with E-state index in [1.807, 2.05) is 58.2 Å². The Morgan fingerprint density at radius 2 is 1.82 bits per heavy atom. The van der Waals surface area contributed by atoms with Crippen molar-refractivity contribution >= 4 is 22.9 Å². The van der Waals surface area contributed by atoms with E-state index in [0.717, 1.165) is 22.2 Å². The fourth-order valence-corrected chi connectivity index (χ4v) is 3.59. The Morgan fingerprint density at radius 1 is 0.974 bits per heavy atom. The number of hydrogen-bond acceptors (Lipinski definition) is 9. The van der Waals surface area contributed by atoms with E-state index in [2.05, 4.69) is 47.2 Å². The van der Waals surface area contributed by atoms with Gasteiger partial charge in [-0.1, -0.05) is 12.0 Å². The lowest BCUT2D eigenvalue weighted by Gasteiger charge is -2.19. The highest BCUT2D eigenvalue weighted by Gasteiger charge is 2.20. The van der Waals surface area contributed by atoms with Crippen molar-refractivity contribution in [2.75, 3.05) is 5.32 Å². The van der Waals surface area contributed by atoms with Gasteiger partial charge in [-0.25, -0.2) is 24.7 Å². The minimum Gasteiger partial charge on any atom is -0.442 e. The predicted octanol–water partition coefficient (Wildman–Crippen LogP) is 4.78. The van der Waals surface area contributed by atoms with Crippen LogP contribution in [0.25, 0.3) is 22.4 Å². The zero-order valence-electron chi connectivity index (χ0n) is 22.0. The van der Waals surface area contributed by atoms with Crippen molar-refractivity contribution in [3.05, 3.63) is 89.8 Å². The number of ether oxygens (including phenoxy) is 1. The minimum atomic E-state index is -0.611. The van der Waals surface area contributed by atoms with Crippen molar-refractivity contribution in [2.24, 2.45) is 0 Å². The molecule has 0 radical (unpaired) electrons. The number of nitrogens with one attached hydrogen (secondary N) is 1. The van der Waals surface area contributed by atoms with Crippen LogP contribution in [0, 0.1) is 18.8 Å². The molecule has 39 heavy (non-hydrogen) atoms. The third-order valence-electron chi connectivity index (χ3n) is 5.41. The maximum Gasteiger partial charge on any atom is 0.435 e. The Hall–Kier alpha value is -5.17. The molecule has 4 aromatic heterocycles. The quantitative estimate of drug-likeness (QED) is 0.335. The lowest BCUT2D eigenvalue weighted by atomic mass is 10.1. The summed E-state index contributed by atoms with van der Waals surface area (Å²) in [5.41, 5.74) is 3.89. The van der Waals surface area contributed by atoms with Gasteiger partial charge in [-0.3, -0.25) is 4.98 Å². The lowest BCUT2D eigenvalue weighted by molar-refractivity contribution is 0.0522. The largest absolute Gasteiger partial charge is 0.442 e. The molecule has 0 aliphatic heterocycles. The second-order valence-electron chi connectivity index (χ2n) is 9.77. The first-order valence-electron chi connectivity index (χ1n) is 12.3. The number of pyridine rings is 1. The van der Waals surface area contributed by atoms with E-state index in [0.29, 0.717) is 35.2 Å². The van der Waals surface area contributed by atoms with Gasteiger partial charge in [-0.15, -0.1) is 0 Å². The fraction of sp³-hybridized carbons (Fsp3) is 0.207. The number of hydrogen-bond donors (Lipinski definition) is 1. The molecule has 0 fully saturated rings. The molecule has 0 unspecified atom stereocenters. The van der Waals surface area contributed by atoms with E-state index in [4.69, 9.17) is 4.74 Å². The highest BCUT2D eigenvalue weighted by Crippen LogP contribution is 2.18. The smallest absolute Gasteiger partial charge is 0.435 e. The second kappa shape index (κ2) is 10.7. The standard InChI is InChI=1S/C29H26N8O2/c1-19-5-8-23(32-16-19)18-33-27-31-14-12-24(36-27)26-30-13-11-22(35-26)9-6-20-7-10-25-21(15-20)17-34-37(25)28(38)39-29(2,3)4/h5,7-8,10-17H,18H2,1-4H3,(H,31,33,36). The van der Waals surface area contributed by atoms with Gasteiger partial charge in [0.2, 0.25) is 5.95 Å². The first-order valence-corrected chi connectivity index (χ1v) is 12.3. The molecule has 0 saturated carbocycles. The Labute approximate surface area is 225 Å². The van der Waals surface area contributed by atoms with Crippen LogP contribution < -0.4 is 5.32 Å². The van der Waals surface area contributed by atoms with Gasteiger partial charge in [0.1, 0.15) is 17.0 Å². The molecule has 0 aliphatic rings. The number of fused-ring (bicyclic) bond motifs is 1. The van der Waals surface area contributed by atoms with Crippen molar-refractivity contribution in [3.63, 3.8) is 0 Å². The van der Waals surface area contributed by atoms with Crippen molar-refractivity contribution in [1.82, 2.24) is 34.7 Å². The number of nitrogens with zero attached hydrogens (tertiary/aromatic N) is 7. The van der Waals surface area contributed by atoms with Crippen molar-refractivity contribution in [2.45, 2.75) is 39.8 Å². The van der Waals surface area contributed by atoms with Crippen LogP contribution >= 0.6 is 0 Å². The lowest BCUT2D eigenvalue weighted by Crippen LogP contribution is -2.27. The molecule has 5 aromatic rings. The van der Waals surface area contributed by atoms with Crippen molar-refractivity contribution in [3.8, 4) is 23.4 Å². The van der Waals surface area contributed by atoms with Gasteiger partial charge in [0.25, 0.3) is 0 Å². The maximum atomic E-state index is 12.4. The Morgan fingerprint density at radius 3 is 2.62 bits per heavy atom. The third kappa shape index (κ3) is 6.40. The Bertz CT molecular complexity index is 1710. The fourth-order valence-electron chi connectivity index (χ4n) is 3.59. The molecule has 10 heteroatoms. The normalized spacial score (nSPS) is 11.1. The number of anilines is 1. The van der Waals surface area contributed by atoms with Gasteiger partial charge in [0.15, 0.2) is 5.82 Å². The molecule has 1 aromatic carbocycles. The summed E-state index contributed by atoms with van der Waals surface area (Å²) in [6.07, 6.45) is 6.21. The number of benzene rings is 1. The molecule has 4 heterocycles. The Balaban J connectivity index is 1.31. The van der Waals surface area contributed by atoms with Gasteiger partial charge in [-0.2, -0.15) is 9.78 Å². The molecule has 0 spiro atoms. The average molecular weight is 519 g/mol. The summed E-state index contributed by atoms with van der Waals surface area (Å²) < 4.78 is 6.67. The molecule has 0 bridgehead atoms. The van der Waals surface area contributed by atoms with Crippen LogP contribution in [0.1, 0.15) is 43.3 Å². The topological polar surface area (TPSA) is 121 Å². The van der Waals surface area contributed by atoms with Crippen LogP contribution in [0.5, 0.6) is 0 Å². The summed E-state index contributed by atoms with van der Waals surface area (Å²) in [6, 6.07) is 12.9. The molecule has 5 rings (SSSR count). The van der Waals surface area contributed by atoms with Gasteiger partial charge in [0, 0.05) is 29.5 Å². The molecule has 194 valence electrons. The van der Waals surface area contributed by atoms with Gasteiger partial charge < -0.3 is 10.1 Å². The monoisotopic (exact) mass is 518 g/mol. The zero-order chi connectivity index (χ0) is 27.4. The summed E-state index contributed by atoms with van der Waals surface area (Å²) >= 11 is 0. The van der Waals surface area contributed by atoms with Crippen LogP contribution in [0.3, 0.4) is 0 Å². The summed E-state index contributed by atoms with van der Waals surface area (Å²) in [4.78, 5) is 34.6. The third-order valence-corrected chi connectivity index (χ3v) is 5.41. The first-order chi connectivity index (χ1) is 18.7. The van der Waals surface area contributed by atoms with Crippen LogP contribution in [0.2, 0.25) is 0 Å². The SMILES string of the molecule is Cc1ccc(CNc2nccc(-c3nccc(C#Cc4ccc5c(cnn5C(=O)OC(C)(C)C)c4)n3)n2)nc1. The van der Waals surface area contributed by atoms with Gasteiger partial charge in [-0.05, 0) is 75.6 Å². The zero-order valence-corrected chi connectivity index (χ0v) is 22.0. The van der Waals surface area contributed by atoms with E-state index in [1.165, 1.54) is 4.68 Å². The maximum absolute atomic E-state index is 12.4. The predicted molar refractivity (Wildman–Crippen MR) is 147 cm³/mol. The highest BCUT2D eigenvalue weighted by atomic mass is 16.6. The summed E-state index contributed by atoms with van der Waals surface area (Å²) in [5.74, 6) is 7.09. The number of carbonyl (C=O) groups is 1. The average Bonchev–Trinajstić information content (AvgIpc) is 3.35. The van der Waals surface area contributed by atoms with Crippen LogP contribution in [-0.2, 0) is 11.3 Å². The minimum absolute atomic E-state index is 0.440. The molecular formula is C29H26N8O2. The second-order valence-corrected chi connectivity index (χ2v) is 9.77. The molecule has 10 nitrogen and oxygen atoms in total. The van der Waals surface area contributed by atoms with E-state index >= 15 is 0 Å². The van der Waals surface area contributed by atoms with Crippen LogP contribution in [0.4, 0.5) is 10.7 Å². The van der Waals surface area contributed by atoms with E-state index in [9.17, 15) is 4.79 Å². The molecule has 0 saturated heterocycles. The van der Waals surface area contributed by atoms with E-state index < -0.39 is 11.7 Å². The summed E-state index contributed by atoms with van der Waals surface area (Å²) in [7, 11) is 0. The summed E-state index contributed by atoms with van der Waals surface area (Å²) in [5, 5.41) is 8.14. The number of aryl methyl sites for hydroxylation is 1. The van der Waals surface area contributed by atoms with Gasteiger partial charge >= 0.3 is 6.09 Å². The number of carbonyl (C=O) groups excluding carboxylic acids is 1. The molecule has 0 aliphatic carbocycles. The summed E-state index contributed by atoms with van der Waals surface area (Å²) in [6.45, 7) is 7.93. The molecule has 0 atom stereocenters. The molecular weight excluding hydrogens is 492 g/mol. The van der Waals surface area contributed by atoms with Crippen molar-refractivity contribution < 1.29 is 9.53 Å². The number of aromatic nitrogens is 7. The highest BCUT2D eigenvalue weighted by molar-refractivity contribution is 5.88. The van der Waals surface area contributed by atoms with Crippen molar-refractivity contribution in [1.29, 1.82) is 0 Å². The van der Waals surface area contributed by atoms with Gasteiger partial charge in [0.05, 0.1) is 24.0 Å². The van der Waals surface area contributed by atoms with E-state index in [1.54, 1.807) is 36.8 Å². The number of rotatable bonds is 4. The van der Waals surface area contributed by atoms with E-state index in [-0.39, 0.29) is 0 Å². The molecule has 0 amide bonds. The van der Waals surface area contributed by atoms with Crippen LogP contribution in [-0.4, -0.2) is 46.4 Å². The first kappa shape index (κ1) is 25.5.